The molecule has 1 aliphatic rings. The Morgan fingerprint density at radius 2 is 2.25 bits per heavy atom. The molecule has 2 atom stereocenters. The Labute approximate surface area is 141 Å². The predicted octanol–water partition coefficient (Wildman–Crippen LogP) is 3.17. The van der Waals surface area contributed by atoms with Crippen molar-refractivity contribution < 1.29 is 14.6 Å². The van der Waals surface area contributed by atoms with Gasteiger partial charge in [-0.05, 0) is 25.8 Å². The van der Waals surface area contributed by atoms with Crippen LogP contribution in [0.4, 0.5) is 0 Å². The fourth-order valence-corrected chi connectivity index (χ4v) is 3.57. The standard InChI is InChI=1S/C18H23N3O3/c1-2-21-16(7-8-20-21)15-6-4-3-5-13(15)12-24-17-10-19-18(23)9-14(17)11-22/h7-11,13,15H,2-6,12H2,1H3,(H,19,23). The molecule has 2 aromatic rings. The van der Waals surface area contributed by atoms with Gasteiger partial charge in [-0.25, -0.2) is 4.98 Å². The highest BCUT2D eigenvalue weighted by atomic mass is 16.5. The number of aromatic nitrogens is 3. The minimum absolute atomic E-state index is 0.174. The van der Waals surface area contributed by atoms with Crippen molar-refractivity contribution in [3.63, 3.8) is 0 Å². The van der Waals surface area contributed by atoms with Crippen LogP contribution in [0.3, 0.4) is 0 Å². The lowest BCUT2D eigenvalue weighted by atomic mass is 9.78. The van der Waals surface area contributed by atoms with Gasteiger partial charge in [-0.15, -0.1) is 0 Å². The van der Waals surface area contributed by atoms with Crippen LogP contribution in [0.2, 0.25) is 0 Å². The summed E-state index contributed by atoms with van der Waals surface area (Å²) in [5, 5.41) is 13.8. The first kappa shape index (κ1) is 16.5. The molecule has 6 nitrogen and oxygen atoms in total. The van der Waals surface area contributed by atoms with E-state index in [1.54, 1.807) is 0 Å². The van der Waals surface area contributed by atoms with Crippen molar-refractivity contribution in [1.29, 1.82) is 0 Å². The first-order chi connectivity index (χ1) is 11.7. The molecule has 0 bridgehead atoms. The largest absolute Gasteiger partial charge is 0.493 e. The van der Waals surface area contributed by atoms with Crippen LogP contribution in [-0.4, -0.2) is 32.8 Å². The fourth-order valence-electron chi connectivity index (χ4n) is 3.57. The van der Waals surface area contributed by atoms with Gasteiger partial charge >= 0.3 is 0 Å². The third-order valence-electron chi connectivity index (χ3n) is 4.80. The van der Waals surface area contributed by atoms with E-state index in [0.717, 1.165) is 19.4 Å². The zero-order valence-electron chi connectivity index (χ0n) is 13.9. The SMILES string of the molecule is CCn1nccc1C1CCCCC1COc1cnc(O)cc1C=O. The second-order valence-corrected chi connectivity index (χ2v) is 6.23. The maximum atomic E-state index is 11.1. The number of rotatable bonds is 6. The van der Waals surface area contributed by atoms with Crippen LogP contribution in [0.1, 0.15) is 54.6 Å². The van der Waals surface area contributed by atoms with Crippen molar-refractivity contribution in [3.8, 4) is 11.6 Å². The van der Waals surface area contributed by atoms with Gasteiger partial charge in [-0.1, -0.05) is 12.8 Å². The van der Waals surface area contributed by atoms with E-state index in [2.05, 4.69) is 27.8 Å². The number of nitrogens with zero attached hydrogens (tertiary/aromatic N) is 3. The summed E-state index contributed by atoms with van der Waals surface area (Å²) < 4.78 is 7.95. The topological polar surface area (TPSA) is 77.2 Å². The van der Waals surface area contributed by atoms with Gasteiger partial charge < -0.3 is 9.84 Å². The molecular weight excluding hydrogens is 306 g/mol. The van der Waals surface area contributed by atoms with Gasteiger partial charge in [0.2, 0.25) is 5.88 Å². The van der Waals surface area contributed by atoms with Crippen LogP contribution in [0.25, 0.3) is 0 Å². The van der Waals surface area contributed by atoms with Crippen LogP contribution >= 0.6 is 0 Å². The molecule has 0 spiro atoms. The van der Waals surface area contributed by atoms with Crippen molar-refractivity contribution in [2.24, 2.45) is 5.92 Å². The Balaban J connectivity index is 1.74. The molecule has 1 N–H and O–H groups in total. The van der Waals surface area contributed by atoms with Gasteiger partial charge in [0, 0.05) is 36.3 Å². The minimum atomic E-state index is -0.174. The molecule has 2 unspecified atom stereocenters. The van der Waals surface area contributed by atoms with Crippen LogP contribution in [0.15, 0.2) is 24.5 Å². The van der Waals surface area contributed by atoms with E-state index in [4.69, 9.17) is 4.74 Å². The maximum absolute atomic E-state index is 11.1. The number of aldehydes is 1. The molecule has 0 radical (unpaired) electrons. The quantitative estimate of drug-likeness (QED) is 0.824. The van der Waals surface area contributed by atoms with Crippen LogP contribution in [0, 0.1) is 5.92 Å². The molecule has 1 aliphatic carbocycles. The van der Waals surface area contributed by atoms with Gasteiger partial charge in [0.05, 0.1) is 18.4 Å². The highest BCUT2D eigenvalue weighted by Crippen LogP contribution is 2.38. The number of aromatic hydroxyl groups is 1. The maximum Gasteiger partial charge on any atom is 0.211 e. The van der Waals surface area contributed by atoms with Gasteiger partial charge in [-0.2, -0.15) is 5.10 Å². The Bertz CT molecular complexity index is 699. The number of hydrogen-bond acceptors (Lipinski definition) is 5. The third-order valence-corrected chi connectivity index (χ3v) is 4.80. The smallest absolute Gasteiger partial charge is 0.211 e. The molecule has 1 saturated carbocycles. The lowest BCUT2D eigenvalue weighted by molar-refractivity contribution is 0.111. The van der Waals surface area contributed by atoms with E-state index in [1.165, 1.54) is 30.8 Å². The fraction of sp³-hybridized carbons (Fsp3) is 0.500. The average molecular weight is 329 g/mol. The monoisotopic (exact) mass is 329 g/mol. The number of pyridine rings is 1. The number of carbonyl (C=O) groups is 1. The van der Waals surface area contributed by atoms with E-state index in [-0.39, 0.29) is 5.88 Å². The van der Waals surface area contributed by atoms with E-state index < -0.39 is 0 Å². The zero-order valence-corrected chi connectivity index (χ0v) is 13.9. The third kappa shape index (κ3) is 3.42. The summed E-state index contributed by atoms with van der Waals surface area (Å²) in [7, 11) is 0. The molecule has 0 amide bonds. The Morgan fingerprint density at radius 1 is 1.42 bits per heavy atom. The van der Waals surface area contributed by atoms with Gasteiger partial charge in [0.25, 0.3) is 0 Å². The highest BCUT2D eigenvalue weighted by Gasteiger charge is 2.29. The van der Waals surface area contributed by atoms with E-state index >= 15 is 0 Å². The summed E-state index contributed by atoms with van der Waals surface area (Å²) in [5.74, 6) is 1.06. The number of aryl methyl sites for hydroxylation is 1. The normalized spacial score (nSPS) is 20.7. The molecule has 128 valence electrons. The van der Waals surface area contributed by atoms with Crippen molar-refractivity contribution in [2.45, 2.75) is 45.1 Å². The molecule has 3 rings (SSSR count). The van der Waals surface area contributed by atoms with Crippen LogP contribution in [0.5, 0.6) is 11.6 Å². The number of carbonyl (C=O) groups excluding carboxylic acids is 1. The molecule has 6 heteroatoms. The molecular formula is C18H23N3O3. The molecule has 1 fully saturated rings. The summed E-state index contributed by atoms with van der Waals surface area (Å²) in [6.07, 6.45) is 8.60. The predicted molar refractivity (Wildman–Crippen MR) is 89.4 cm³/mol. The molecule has 2 aromatic heterocycles. The first-order valence-corrected chi connectivity index (χ1v) is 8.51. The van der Waals surface area contributed by atoms with Crippen LogP contribution in [-0.2, 0) is 6.54 Å². The van der Waals surface area contributed by atoms with E-state index in [0.29, 0.717) is 36.0 Å². The zero-order chi connectivity index (χ0) is 16.9. The second kappa shape index (κ2) is 7.47. The van der Waals surface area contributed by atoms with Gasteiger partial charge in [-0.3, -0.25) is 9.48 Å². The summed E-state index contributed by atoms with van der Waals surface area (Å²) in [4.78, 5) is 14.9. The average Bonchev–Trinajstić information content (AvgIpc) is 3.09. The molecule has 0 saturated heterocycles. The van der Waals surface area contributed by atoms with E-state index in [9.17, 15) is 9.90 Å². The van der Waals surface area contributed by atoms with Gasteiger partial charge in [0.1, 0.15) is 5.75 Å². The Hall–Kier alpha value is -2.37. The summed E-state index contributed by atoms with van der Waals surface area (Å²) in [6, 6.07) is 3.43. The lowest BCUT2D eigenvalue weighted by Crippen LogP contribution is -2.26. The van der Waals surface area contributed by atoms with Crippen molar-refractivity contribution in [1.82, 2.24) is 14.8 Å². The summed E-state index contributed by atoms with van der Waals surface area (Å²) in [5.41, 5.74) is 1.60. The Morgan fingerprint density at radius 3 is 3.04 bits per heavy atom. The summed E-state index contributed by atoms with van der Waals surface area (Å²) >= 11 is 0. The van der Waals surface area contributed by atoms with Crippen molar-refractivity contribution in [2.75, 3.05) is 6.61 Å². The van der Waals surface area contributed by atoms with Crippen molar-refractivity contribution >= 4 is 6.29 Å². The molecule has 24 heavy (non-hydrogen) atoms. The lowest BCUT2D eigenvalue weighted by Gasteiger charge is -2.31. The number of ether oxygens (including phenoxy) is 1. The minimum Gasteiger partial charge on any atom is -0.493 e. The van der Waals surface area contributed by atoms with Gasteiger partial charge in [0.15, 0.2) is 6.29 Å². The molecule has 0 aromatic carbocycles. The Kier molecular flexibility index (Phi) is 5.13. The first-order valence-electron chi connectivity index (χ1n) is 8.51. The van der Waals surface area contributed by atoms with Crippen molar-refractivity contribution in [3.05, 3.63) is 35.8 Å². The van der Waals surface area contributed by atoms with Crippen LogP contribution < -0.4 is 4.74 Å². The summed E-state index contributed by atoms with van der Waals surface area (Å²) in [6.45, 7) is 3.50. The highest BCUT2D eigenvalue weighted by molar-refractivity contribution is 5.79. The second-order valence-electron chi connectivity index (χ2n) is 6.23. The molecule has 0 aliphatic heterocycles. The molecule has 2 heterocycles. The van der Waals surface area contributed by atoms with E-state index in [1.807, 2.05) is 6.20 Å². The number of hydrogen-bond donors (Lipinski definition) is 1.